The summed E-state index contributed by atoms with van der Waals surface area (Å²) in [6.07, 6.45) is 0.678. The zero-order valence-corrected chi connectivity index (χ0v) is 13.3. The molecule has 0 fully saturated rings. The van der Waals surface area contributed by atoms with Gasteiger partial charge in [0, 0.05) is 16.7 Å². The van der Waals surface area contributed by atoms with E-state index in [0.717, 1.165) is 26.8 Å². The number of halogens is 2. The van der Waals surface area contributed by atoms with Crippen molar-refractivity contribution in [3.63, 3.8) is 0 Å². The van der Waals surface area contributed by atoms with Crippen molar-refractivity contribution in [2.45, 2.75) is 24.3 Å². The summed E-state index contributed by atoms with van der Waals surface area (Å²) in [6, 6.07) is 12.6. The van der Waals surface area contributed by atoms with Gasteiger partial charge in [0.1, 0.15) is 5.82 Å². The van der Waals surface area contributed by atoms with Gasteiger partial charge in [0.2, 0.25) is 0 Å². The van der Waals surface area contributed by atoms with Crippen molar-refractivity contribution in [1.29, 1.82) is 0 Å². The van der Waals surface area contributed by atoms with E-state index in [0.29, 0.717) is 6.42 Å². The SMILES string of the molecule is Cc1ccc(F)cc1CC(CSc1ccccc1Cl)NN. The molecule has 2 aromatic rings. The van der Waals surface area contributed by atoms with Gasteiger partial charge in [0.25, 0.3) is 0 Å². The second kappa shape index (κ2) is 7.80. The lowest BCUT2D eigenvalue weighted by Gasteiger charge is -2.17. The molecule has 0 aliphatic heterocycles. The lowest BCUT2D eigenvalue weighted by atomic mass is 10.0. The van der Waals surface area contributed by atoms with Crippen LogP contribution >= 0.6 is 23.4 Å². The second-order valence-corrected chi connectivity index (χ2v) is 6.35. The largest absolute Gasteiger partial charge is 0.271 e. The fraction of sp³-hybridized carbons (Fsp3) is 0.250. The maximum Gasteiger partial charge on any atom is 0.123 e. The predicted octanol–water partition coefficient (Wildman–Crippen LogP) is 3.95. The molecular formula is C16H18ClFN2S. The monoisotopic (exact) mass is 324 g/mol. The van der Waals surface area contributed by atoms with Crippen LogP contribution in [0.2, 0.25) is 5.02 Å². The Morgan fingerprint density at radius 1 is 1.29 bits per heavy atom. The van der Waals surface area contributed by atoms with E-state index in [4.69, 9.17) is 17.4 Å². The molecule has 0 saturated carbocycles. The Labute approximate surface area is 133 Å². The fourth-order valence-electron chi connectivity index (χ4n) is 2.04. The van der Waals surface area contributed by atoms with Crippen molar-refractivity contribution in [2.75, 3.05) is 5.75 Å². The van der Waals surface area contributed by atoms with Crippen molar-refractivity contribution >= 4 is 23.4 Å². The molecule has 112 valence electrons. The Bertz CT molecular complexity index is 607. The van der Waals surface area contributed by atoms with Gasteiger partial charge in [-0.2, -0.15) is 0 Å². The molecule has 1 atom stereocenters. The topological polar surface area (TPSA) is 38.0 Å². The first-order valence-corrected chi connectivity index (χ1v) is 8.05. The van der Waals surface area contributed by atoms with Crippen molar-refractivity contribution in [2.24, 2.45) is 5.84 Å². The molecule has 0 aliphatic carbocycles. The van der Waals surface area contributed by atoms with Crippen molar-refractivity contribution in [3.05, 3.63) is 64.4 Å². The van der Waals surface area contributed by atoms with E-state index in [1.54, 1.807) is 23.9 Å². The maximum absolute atomic E-state index is 13.3. The molecule has 0 spiro atoms. The van der Waals surface area contributed by atoms with Crippen LogP contribution in [-0.4, -0.2) is 11.8 Å². The summed E-state index contributed by atoms with van der Waals surface area (Å²) in [7, 11) is 0. The predicted molar refractivity (Wildman–Crippen MR) is 88.1 cm³/mol. The molecule has 0 saturated heterocycles. The Kier molecular flexibility index (Phi) is 6.06. The molecule has 2 nitrogen and oxygen atoms in total. The quantitative estimate of drug-likeness (QED) is 0.480. The van der Waals surface area contributed by atoms with Crippen LogP contribution in [0, 0.1) is 12.7 Å². The number of benzene rings is 2. The van der Waals surface area contributed by atoms with E-state index in [2.05, 4.69) is 5.43 Å². The highest BCUT2D eigenvalue weighted by molar-refractivity contribution is 7.99. The molecule has 5 heteroatoms. The average Bonchev–Trinajstić information content (AvgIpc) is 2.48. The zero-order valence-electron chi connectivity index (χ0n) is 11.8. The van der Waals surface area contributed by atoms with E-state index in [1.165, 1.54) is 6.07 Å². The number of rotatable bonds is 6. The number of hydrogen-bond acceptors (Lipinski definition) is 3. The van der Waals surface area contributed by atoms with E-state index >= 15 is 0 Å². The summed E-state index contributed by atoms with van der Waals surface area (Å²) in [5, 5.41) is 0.736. The third-order valence-electron chi connectivity index (χ3n) is 3.29. The zero-order chi connectivity index (χ0) is 15.2. The lowest BCUT2D eigenvalue weighted by Crippen LogP contribution is -2.38. The van der Waals surface area contributed by atoms with Crippen LogP contribution in [0.25, 0.3) is 0 Å². The summed E-state index contributed by atoms with van der Waals surface area (Å²) in [4.78, 5) is 1.02. The number of aryl methyl sites for hydroxylation is 1. The Balaban J connectivity index is 2.00. The van der Waals surface area contributed by atoms with Crippen LogP contribution in [-0.2, 0) is 6.42 Å². The molecule has 0 heterocycles. The molecule has 21 heavy (non-hydrogen) atoms. The minimum atomic E-state index is -0.217. The van der Waals surface area contributed by atoms with Gasteiger partial charge in [-0.05, 0) is 48.7 Å². The first-order chi connectivity index (χ1) is 10.1. The number of thioether (sulfide) groups is 1. The van der Waals surface area contributed by atoms with Gasteiger partial charge in [0.05, 0.1) is 5.02 Å². The minimum Gasteiger partial charge on any atom is -0.271 e. The second-order valence-electron chi connectivity index (χ2n) is 4.88. The van der Waals surface area contributed by atoms with Gasteiger partial charge in [-0.3, -0.25) is 11.3 Å². The van der Waals surface area contributed by atoms with Gasteiger partial charge < -0.3 is 0 Å². The highest BCUT2D eigenvalue weighted by Crippen LogP contribution is 2.27. The fourth-order valence-corrected chi connectivity index (χ4v) is 3.32. The number of hydrazine groups is 1. The molecule has 0 aliphatic rings. The molecule has 0 aromatic heterocycles. The number of nitrogens with one attached hydrogen (secondary N) is 1. The van der Waals surface area contributed by atoms with E-state index < -0.39 is 0 Å². The smallest absolute Gasteiger partial charge is 0.123 e. The van der Waals surface area contributed by atoms with E-state index in [1.807, 2.05) is 31.2 Å². The van der Waals surface area contributed by atoms with Crippen LogP contribution < -0.4 is 11.3 Å². The Morgan fingerprint density at radius 3 is 2.76 bits per heavy atom. The third-order valence-corrected chi connectivity index (χ3v) is 4.97. The molecule has 2 aromatic carbocycles. The van der Waals surface area contributed by atoms with Crippen molar-refractivity contribution in [3.8, 4) is 0 Å². The Hall–Kier alpha value is -1.07. The first kappa shape index (κ1) is 16.3. The number of nitrogens with two attached hydrogens (primary N) is 1. The van der Waals surface area contributed by atoms with Gasteiger partial charge in [-0.25, -0.2) is 4.39 Å². The van der Waals surface area contributed by atoms with Crippen LogP contribution in [0.3, 0.4) is 0 Å². The average molecular weight is 325 g/mol. The summed E-state index contributed by atoms with van der Waals surface area (Å²) in [5.74, 6) is 6.16. The van der Waals surface area contributed by atoms with Crippen LogP contribution in [0.5, 0.6) is 0 Å². The Morgan fingerprint density at radius 2 is 2.05 bits per heavy atom. The maximum atomic E-state index is 13.3. The molecule has 3 N–H and O–H groups in total. The van der Waals surface area contributed by atoms with E-state index in [9.17, 15) is 4.39 Å². The highest BCUT2D eigenvalue weighted by Gasteiger charge is 2.12. The van der Waals surface area contributed by atoms with Crippen LogP contribution in [0.4, 0.5) is 4.39 Å². The normalized spacial score (nSPS) is 12.4. The van der Waals surface area contributed by atoms with Crippen molar-refractivity contribution in [1.82, 2.24) is 5.43 Å². The summed E-state index contributed by atoms with van der Waals surface area (Å²) >= 11 is 7.78. The van der Waals surface area contributed by atoms with Gasteiger partial charge in [-0.15, -0.1) is 11.8 Å². The van der Waals surface area contributed by atoms with Gasteiger partial charge in [0.15, 0.2) is 0 Å². The summed E-state index contributed by atoms with van der Waals surface area (Å²) in [5.41, 5.74) is 4.84. The molecule has 0 radical (unpaired) electrons. The first-order valence-electron chi connectivity index (χ1n) is 6.68. The molecule has 0 amide bonds. The summed E-state index contributed by atoms with van der Waals surface area (Å²) in [6.45, 7) is 1.98. The van der Waals surface area contributed by atoms with Gasteiger partial charge in [-0.1, -0.05) is 29.8 Å². The van der Waals surface area contributed by atoms with Crippen LogP contribution in [0.1, 0.15) is 11.1 Å². The van der Waals surface area contributed by atoms with Gasteiger partial charge >= 0.3 is 0 Å². The lowest BCUT2D eigenvalue weighted by molar-refractivity contribution is 0.569. The van der Waals surface area contributed by atoms with Crippen LogP contribution in [0.15, 0.2) is 47.4 Å². The molecule has 0 bridgehead atoms. The number of hydrogen-bond donors (Lipinski definition) is 2. The highest BCUT2D eigenvalue weighted by atomic mass is 35.5. The standard InChI is InChI=1S/C16H18ClFN2S/c1-11-6-7-13(18)8-12(11)9-14(20-19)10-21-16-5-3-2-4-15(16)17/h2-8,14,20H,9-10,19H2,1H3. The molecule has 2 rings (SSSR count). The third kappa shape index (κ3) is 4.71. The molecular weight excluding hydrogens is 307 g/mol. The molecule has 1 unspecified atom stereocenters. The van der Waals surface area contributed by atoms with Crippen molar-refractivity contribution < 1.29 is 4.39 Å². The van der Waals surface area contributed by atoms with E-state index in [-0.39, 0.29) is 11.9 Å². The minimum absolute atomic E-state index is 0.0479. The summed E-state index contributed by atoms with van der Waals surface area (Å²) < 4.78 is 13.3.